The number of benzene rings is 1. The van der Waals surface area contributed by atoms with Gasteiger partial charge in [0.2, 0.25) is 6.79 Å². The molecular weight excluding hydrogens is 284 g/mol. The van der Waals surface area contributed by atoms with Gasteiger partial charge in [-0.3, -0.25) is 4.79 Å². The minimum atomic E-state index is -0.239. The standard InChI is InChI=1S/C16H18N2O4/c1-9(2)10(3)17-16(19)12-7-14(22-18-12)11-4-5-13-15(6-11)21-8-20-13/h4-7,9-10H,8H2,1-3H3,(H,17,19). The second kappa shape index (κ2) is 5.71. The third-order valence-corrected chi connectivity index (χ3v) is 3.76. The number of aromatic nitrogens is 1. The summed E-state index contributed by atoms with van der Waals surface area (Å²) >= 11 is 0. The monoisotopic (exact) mass is 302 g/mol. The molecule has 2 aromatic rings. The van der Waals surface area contributed by atoms with Crippen LogP contribution in [0.3, 0.4) is 0 Å². The zero-order valence-corrected chi connectivity index (χ0v) is 12.8. The Morgan fingerprint density at radius 3 is 2.73 bits per heavy atom. The summed E-state index contributed by atoms with van der Waals surface area (Å²) in [4.78, 5) is 12.1. The average Bonchev–Trinajstić information content (AvgIpc) is 3.15. The molecule has 0 saturated heterocycles. The number of hydrogen-bond acceptors (Lipinski definition) is 5. The lowest BCUT2D eigenvalue weighted by Crippen LogP contribution is -2.36. The maximum absolute atomic E-state index is 12.1. The van der Waals surface area contributed by atoms with Crippen LogP contribution in [0, 0.1) is 5.92 Å². The molecule has 1 aliphatic heterocycles. The molecule has 0 aliphatic carbocycles. The van der Waals surface area contributed by atoms with Crippen molar-refractivity contribution in [2.75, 3.05) is 6.79 Å². The fourth-order valence-electron chi connectivity index (χ4n) is 2.02. The first kappa shape index (κ1) is 14.4. The third-order valence-electron chi connectivity index (χ3n) is 3.76. The van der Waals surface area contributed by atoms with Crippen molar-refractivity contribution in [2.24, 2.45) is 5.92 Å². The molecule has 0 spiro atoms. The molecule has 1 atom stereocenters. The predicted octanol–water partition coefficient (Wildman–Crippen LogP) is 2.84. The Kier molecular flexibility index (Phi) is 3.75. The lowest BCUT2D eigenvalue weighted by Gasteiger charge is -2.16. The van der Waals surface area contributed by atoms with E-state index < -0.39 is 0 Å². The van der Waals surface area contributed by atoms with Gasteiger partial charge in [-0.05, 0) is 31.0 Å². The van der Waals surface area contributed by atoms with E-state index in [4.69, 9.17) is 14.0 Å². The van der Waals surface area contributed by atoms with Crippen LogP contribution in [-0.2, 0) is 0 Å². The minimum absolute atomic E-state index is 0.0678. The number of hydrogen-bond donors (Lipinski definition) is 1. The van der Waals surface area contributed by atoms with Gasteiger partial charge in [0.1, 0.15) is 0 Å². The van der Waals surface area contributed by atoms with Crippen LogP contribution < -0.4 is 14.8 Å². The second-order valence-electron chi connectivity index (χ2n) is 5.65. The Morgan fingerprint density at radius 1 is 1.18 bits per heavy atom. The zero-order valence-electron chi connectivity index (χ0n) is 12.8. The first-order chi connectivity index (χ1) is 10.5. The summed E-state index contributed by atoms with van der Waals surface area (Å²) in [6.45, 7) is 6.27. The summed E-state index contributed by atoms with van der Waals surface area (Å²) < 4.78 is 15.9. The van der Waals surface area contributed by atoms with Gasteiger partial charge in [-0.1, -0.05) is 19.0 Å². The van der Waals surface area contributed by atoms with E-state index >= 15 is 0 Å². The highest BCUT2D eigenvalue weighted by Crippen LogP contribution is 2.35. The molecule has 22 heavy (non-hydrogen) atoms. The topological polar surface area (TPSA) is 73.6 Å². The molecule has 0 radical (unpaired) electrons. The predicted molar refractivity (Wildman–Crippen MR) is 79.8 cm³/mol. The molecule has 1 aromatic carbocycles. The van der Waals surface area contributed by atoms with Crippen molar-refractivity contribution in [2.45, 2.75) is 26.8 Å². The number of amides is 1. The quantitative estimate of drug-likeness (QED) is 0.940. The smallest absolute Gasteiger partial charge is 0.273 e. The summed E-state index contributed by atoms with van der Waals surface area (Å²) in [6, 6.07) is 7.15. The number of nitrogens with one attached hydrogen (secondary N) is 1. The van der Waals surface area contributed by atoms with E-state index in [1.165, 1.54) is 0 Å². The van der Waals surface area contributed by atoms with Crippen molar-refractivity contribution in [3.8, 4) is 22.8 Å². The fraction of sp³-hybridized carbons (Fsp3) is 0.375. The van der Waals surface area contributed by atoms with Crippen LogP contribution in [0.4, 0.5) is 0 Å². The number of ether oxygens (including phenoxy) is 2. The summed E-state index contributed by atoms with van der Waals surface area (Å²) in [6.07, 6.45) is 0. The molecular formula is C16H18N2O4. The van der Waals surface area contributed by atoms with Gasteiger partial charge in [-0.25, -0.2) is 0 Å². The van der Waals surface area contributed by atoms with Gasteiger partial charge in [-0.15, -0.1) is 0 Å². The number of rotatable bonds is 4. The van der Waals surface area contributed by atoms with E-state index in [0.717, 1.165) is 5.56 Å². The molecule has 1 aromatic heterocycles. The highest BCUT2D eigenvalue weighted by atomic mass is 16.7. The van der Waals surface area contributed by atoms with E-state index in [1.807, 2.05) is 26.8 Å². The number of fused-ring (bicyclic) bond motifs is 1. The van der Waals surface area contributed by atoms with E-state index in [9.17, 15) is 4.79 Å². The van der Waals surface area contributed by atoms with Crippen LogP contribution in [0.25, 0.3) is 11.3 Å². The fourth-order valence-corrected chi connectivity index (χ4v) is 2.02. The summed E-state index contributed by atoms with van der Waals surface area (Å²) in [5.41, 5.74) is 1.05. The number of carbonyl (C=O) groups excluding carboxylic acids is 1. The van der Waals surface area contributed by atoms with Crippen LogP contribution >= 0.6 is 0 Å². The molecule has 3 rings (SSSR count). The lowest BCUT2D eigenvalue weighted by molar-refractivity contribution is 0.0921. The highest BCUT2D eigenvalue weighted by molar-refractivity contribution is 5.93. The van der Waals surface area contributed by atoms with Crippen molar-refractivity contribution in [3.05, 3.63) is 30.0 Å². The molecule has 0 fully saturated rings. The molecule has 2 heterocycles. The SMILES string of the molecule is CC(C)C(C)NC(=O)c1cc(-c2ccc3c(c2)OCO3)on1. The molecule has 1 amide bonds. The average molecular weight is 302 g/mol. The van der Waals surface area contributed by atoms with Gasteiger partial charge >= 0.3 is 0 Å². The normalized spacial score (nSPS) is 14.2. The number of nitrogens with zero attached hydrogens (tertiary/aromatic N) is 1. The lowest BCUT2D eigenvalue weighted by atomic mass is 10.1. The van der Waals surface area contributed by atoms with Gasteiger partial charge in [0.05, 0.1) is 0 Å². The Balaban J connectivity index is 1.77. The van der Waals surface area contributed by atoms with Crippen LogP contribution in [-0.4, -0.2) is 23.9 Å². The van der Waals surface area contributed by atoms with Crippen LogP contribution in [0.2, 0.25) is 0 Å². The van der Waals surface area contributed by atoms with E-state index in [2.05, 4.69) is 10.5 Å². The first-order valence-corrected chi connectivity index (χ1v) is 7.22. The highest BCUT2D eigenvalue weighted by Gasteiger charge is 2.19. The second-order valence-corrected chi connectivity index (χ2v) is 5.65. The van der Waals surface area contributed by atoms with Gasteiger partial charge in [0.15, 0.2) is 23.0 Å². The van der Waals surface area contributed by atoms with Gasteiger partial charge in [0, 0.05) is 17.7 Å². The summed E-state index contributed by atoms with van der Waals surface area (Å²) in [5.74, 6) is 1.99. The van der Waals surface area contributed by atoms with E-state index in [0.29, 0.717) is 23.2 Å². The van der Waals surface area contributed by atoms with Crippen molar-refractivity contribution in [1.82, 2.24) is 10.5 Å². The van der Waals surface area contributed by atoms with E-state index in [-0.39, 0.29) is 24.4 Å². The minimum Gasteiger partial charge on any atom is -0.454 e. The van der Waals surface area contributed by atoms with Gasteiger partial charge in [0.25, 0.3) is 5.91 Å². The van der Waals surface area contributed by atoms with Crippen LogP contribution in [0.1, 0.15) is 31.3 Å². The zero-order chi connectivity index (χ0) is 15.7. The molecule has 6 heteroatoms. The van der Waals surface area contributed by atoms with Crippen LogP contribution in [0.15, 0.2) is 28.8 Å². The van der Waals surface area contributed by atoms with Crippen molar-refractivity contribution in [3.63, 3.8) is 0 Å². The Morgan fingerprint density at radius 2 is 1.95 bits per heavy atom. The molecule has 0 bridgehead atoms. The Bertz CT molecular complexity index is 693. The number of carbonyl (C=O) groups is 1. The molecule has 0 saturated carbocycles. The molecule has 1 aliphatic rings. The first-order valence-electron chi connectivity index (χ1n) is 7.22. The van der Waals surface area contributed by atoms with Crippen molar-refractivity contribution in [1.29, 1.82) is 0 Å². The van der Waals surface area contributed by atoms with Crippen molar-refractivity contribution >= 4 is 5.91 Å². The largest absolute Gasteiger partial charge is 0.454 e. The van der Waals surface area contributed by atoms with E-state index in [1.54, 1.807) is 18.2 Å². The summed E-state index contributed by atoms with van der Waals surface area (Å²) in [5, 5.41) is 6.74. The Hall–Kier alpha value is -2.50. The molecule has 6 nitrogen and oxygen atoms in total. The third kappa shape index (κ3) is 2.77. The molecule has 1 unspecified atom stereocenters. The molecule has 116 valence electrons. The maximum atomic E-state index is 12.1. The maximum Gasteiger partial charge on any atom is 0.273 e. The summed E-state index contributed by atoms with van der Waals surface area (Å²) in [7, 11) is 0. The van der Waals surface area contributed by atoms with Gasteiger partial charge < -0.3 is 19.3 Å². The molecule has 1 N–H and O–H groups in total. The van der Waals surface area contributed by atoms with Crippen LogP contribution in [0.5, 0.6) is 11.5 Å². The van der Waals surface area contributed by atoms with Crippen molar-refractivity contribution < 1.29 is 18.8 Å². The van der Waals surface area contributed by atoms with Gasteiger partial charge in [-0.2, -0.15) is 0 Å². The Labute approximate surface area is 128 Å².